The van der Waals surface area contributed by atoms with Crippen LogP contribution < -0.4 is 15.4 Å². The number of ether oxygens (including phenoxy) is 1. The molecule has 1 unspecified atom stereocenters. The molecule has 3 rings (SSSR count). The first-order valence-corrected chi connectivity index (χ1v) is 11.8. The fraction of sp³-hybridized carbons (Fsp3) is 0.609. The van der Waals surface area contributed by atoms with Crippen LogP contribution in [0.25, 0.3) is 0 Å². The Kier molecular flexibility index (Phi) is 7.83. The standard InChI is InChI=1S/C23H28F6N4O5/c1-12(2)33(13-5-4-7-31(11-13)20(36)37)18(34)14-9-16-17(10-15(14)22(24,25)26)38-21(3,23(27,28)29)19(35)32(16)8-6-30/h9-10,12-13H,4-8,11,30H2,1-3H3,(H,36,37)/t13?,21-/m1/s1. The van der Waals surface area contributed by atoms with Crippen LogP contribution in [0.1, 0.15) is 49.5 Å². The van der Waals surface area contributed by atoms with Crippen LogP contribution in [0, 0.1) is 0 Å². The highest BCUT2D eigenvalue weighted by molar-refractivity contribution is 6.05. The van der Waals surface area contributed by atoms with E-state index in [0.29, 0.717) is 30.7 Å². The number of nitrogens with two attached hydrogens (primary N) is 1. The molecule has 0 aliphatic carbocycles. The lowest BCUT2D eigenvalue weighted by Gasteiger charge is -2.42. The van der Waals surface area contributed by atoms with E-state index in [4.69, 9.17) is 10.5 Å². The summed E-state index contributed by atoms with van der Waals surface area (Å²) in [6.07, 6.45) is -11.0. The fourth-order valence-electron chi connectivity index (χ4n) is 4.75. The first-order chi connectivity index (χ1) is 17.4. The van der Waals surface area contributed by atoms with Crippen LogP contribution in [0.5, 0.6) is 5.75 Å². The molecule has 2 heterocycles. The highest BCUT2D eigenvalue weighted by atomic mass is 19.4. The monoisotopic (exact) mass is 554 g/mol. The van der Waals surface area contributed by atoms with Gasteiger partial charge in [0.25, 0.3) is 17.4 Å². The van der Waals surface area contributed by atoms with Crippen LogP contribution in [-0.2, 0) is 11.0 Å². The van der Waals surface area contributed by atoms with Crippen molar-refractivity contribution >= 4 is 23.6 Å². The fourth-order valence-corrected chi connectivity index (χ4v) is 4.75. The summed E-state index contributed by atoms with van der Waals surface area (Å²) in [6.45, 7) is 2.77. The molecule has 0 radical (unpaired) electrons. The first kappa shape index (κ1) is 29.3. The minimum Gasteiger partial charge on any atom is -0.466 e. The summed E-state index contributed by atoms with van der Waals surface area (Å²) in [4.78, 5) is 40.7. The molecule has 1 aromatic carbocycles. The predicted molar refractivity (Wildman–Crippen MR) is 122 cm³/mol. The third kappa shape index (κ3) is 5.20. The van der Waals surface area contributed by atoms with Crippen molar-refractivity contribution in [1.29, 1.82) is 0 Å². The second-order valence-corrected chi connectivity index (χ2v) is 9.57. The molecule has 0 saturated carbocycles. The molecule has 3 N–H and O–H groups in total. The maximum absolute atomic E-state index is 14.2. The molecule has 0 spiro atoms. The number of likely N-dealkylation sites (tertiary alicyclic amines) is 1. The molecule has 212 valence electrons. The number of anilines is 1. The third-order valence-electron chi connectivity index (χ3n) is 6.64. The summed E-state index contributed by atoms with van der Waals surface area (Å²) < 4.78 is 88.7. The summed E-state index contributed by atoms with van der Waals surface area (Å²) in [5, 5.41) is 9.35. The minimum absolute atomic E-state index is 0.129. The van der Waals surface area contributed by atoms with E-state index >= 15 is 0 Å². The average Bonchev–Trinajstić information content (AvgIpc) is 2.80. The van der Waals surface area contributed by atoms with Crippen molar-refractivity contribution in [2.75, 3.05) is 31.1 Å². The van der Waals surface area contributed by atoms with Crippen LogP contribution in [0.3, 0.4) is 0 Å². The average molecular weight is 554 g/mol. The number of carboxylic acid groups (broad SMARTS) is 1. The van der Waals surface area contributed by atoms with Gasteiger partial charge in [-0.2, -0.15) is 26.3 Å². The largest absolute Gasteiger partial charge is 0.466 e. The molecule has 2 atom stereocenters. The Morgan fingerprint density at radius 3 is 2.37 bits per heavy atom. The van der Waals surface area contributed by atoms with Gasteiger partial charge in [0.1, 0.15) is 5.75 Å². The smallest absolute Gasteiger partial charge is 0.437 e. The Bertz CT molecular complexity index is 1110. The van der Waals surface area contributed by atoms with Crippen molar-refractivity contribution in [3.8, 4) is 5.75 Å². The van der Waals surface area contributed by atoms with Crippen molar-refractivity contribution in [2.45, 2.75) is 63.7 Å². The van der Waals surface area contributed by atoms with E-state index in [0.717, 1.165) is 9.80 Å². The van der Waals surface area contributed by atoms with Gasteiger partial charge in [-0.25, -0.2) is 4.79 Å². The van der Waals surface area contributed by atoms with Crippen LogP contribution in [0.2, 0.25) is 0 Å². The van der Waals surface area contributed by atoms with Gasteiger partial charge in [0.05, 0.1) is 22.9 Å². The van der Waals surface area contributed by atoms with Crippen molar-refractivity contribution in [1.82, 2.24) is 9.80 Å². The summed E-state index contributed by atoms with van der Waals surface area (Å²) in [7, 11) is 0. The number of halogens is 6. The summed E-state index contributed by atoms with van der Waals surface area (Å²) in [6, 6.07) is -0.441. The van der Waals surface area contributed by atoms with Crippen molar-refractivity contribution in [3.05, 3.63) is 23.3 Å². The zero-order valence-corrected chi connectivity index (χ0v) is 20.8. The van der Waals surface area contributed by atoms with E-state index in [1.54, 1.807) is 13.8 Å². The number of carbonyl (C=O) groups excluding carboxylic acids is 2. The zero-order chi connectivity index (χ0) is 28.8. The van der Waals surface area contributed by atoms with Crippen molar-refractivity contribution in [2.24, 2.45) is 5.73 Å². The van der Waals surface area contributed by atoms with Gasteiger partial charge >= 0.3 is 18.4 Å². The molecule has 15 heteroatoms. The Morgan fingerprint density at radius 2 is 1.87 bits per heavy atom. The number of piperidine rings is 1. The molecule has 9 nitrogen and oxygen atoms in total. The van der Waals surface area contributed by atoms with Gasteiger partial charge in [0, 0.05) is 32.2 Å². The van der Waals surface area contributed by atoms with Crippen LogP contribution >= 0.6 is 0 Å². The molecule has 1 saturated heterocycles. The summed E-state index contributed by atoms with van der Waals surface area (Å²) in [5.74, 6) is -3.59. The zero-order valence-electron chi connectivity index (χ0n) is 20.8. The van der Waals surface area contributed by atoms with E-state index < -0.39 is 77.1 Å². The van der Waals surface area contributed by atoms with E-state index in [1.165, 1.54) is 0 Å². The lowest BCUT2D eigenvalue weighted by atomic mass is 9.95. The van der Waals surface area contributed by atoms with Gasteiger partial charge < -0.3 is 30.3 Å². The number of nitrogens with zero attached hydrogens (tertiary/aromatic N) is 3. The number of amides is 3. The number of benzene rings is 1. The molecule has 1 fully saturated rings. The Labute approximate surface area is 214 Å². The van der Waals surface area contributed by atoms with E-state index in [1.807, 2.05) is 0 Å². The predicted octanol–water partition coefficient (Wildman–Crippen LogP) is 3.70. The maximum atomic E-state index is 14.2. The molecule has 38 heavy (non-hydrogen) atoms. The van der Waals surface area contributed by atoms with Crippen molar-refractivity contribution < 1.29 is 50.6 Å². The lowest BCUT2D eigenvalue weighted by molar-refractivity contribution is -0.236. The highest BCUT2D eigenvalue weighted by Gasteiger charge is 2.63. The molecular formula is C23H28F6N4O5. The Hall–Kier alpha value is -3.23. The third-order valence-corrected chi connectivity index (χ3v) is 6.64. The van der Waals surface area contributed by atoms with E-state index in [2.05, 4.69) is 0 Å². The topological polar surface area (TPSA) is 116 Å². The maximum Gasteiger partial charge on any atom is 0.437 e. The van der Waals surface area contributed by atoms with Gasteiger partial charge in [0.15, 0.2) is 0 Å². The van der Waals surface area contributed by atoms with Crippen LogP contribution in [0.4, 0.5) is 36.8 Å². The van der Waals surface area contributed by atoms with E-state index in [9.17, 15) is 45.8 Å². The number of fused-ring (bicyclic) bond motifs is 1. The number of carbonyl (C=O) groups is 3. The summed E-state index contributed by atoms with van der Waals surface area (Å²) in [5.41, 5.74) is -0.926. The molecule has 2 aliphatic rings. The second-order valence-electron chi connectivity index (χ2n) is 9.57. The van der Waals surface area contributed by atoms with Gasteiger partial charge in [0.2, 0.25) is 0 Å². The lowest BCUT2D eigenvalue weighted by Crippen LogP contribution is -2.63. The number of alkyl halides is 6. The SMILES string of the molecule is CC(C)N(C(=O)c1cc2c(cc1C(F)(F)F)O[C@@](C)(C(F)(F)F)C(=O)N2CCN)C1CCCN(C(=O)O)C1. The number of hydrogen-bond donors (Lipinski definition) is 2. The highest BCUT2D eigenvalue weighted by Crippen LogP contribution is 2.48. The first-order valence-electron chi connectivity index (χ1n) is 11.8. The van der Waals surface area contributed by atoms with Crippen LogP contribution in [-0.4, -0.2) is 82.9 Å². The molecule has 1 aromatic rings. The minimum atomic E-state index is -5.27. The molecular weight excluding hydrogens is 526 g/mol. The number of hydrogen-bond acceptors (Lipinski definition) is 5. The Morgan fingerprint density at radius 1 is 1.24 bits per heavy atom. The normalized spacial score (nSPS) is 22.3. The van der Waals surface area contributed by atoms with Gasteiger partial charge in [-0.1, -0.05) is 0 Å². The van der Waals surface area contributed by atoms with E-state index in [-0.39, 0.29) is 25.7 Å². The van der Waals surface area contributed by atoms with Crippen molar-refractivity contribution in [3.63, 3.8) is 0 Å². The van der Waals surface area contributed by atoms with Crippen LogP contribution in [0.15, 0.2) is 12.1 Å². The summed E-state index contributed by atoms with van der Waals surface area (Å²) >= 11 is 0. The molecule has 0 aromatic heterocycles. The molecule has 3 amide bonds. The quantitative estimate of drug-likeness (QED) is 0.537. The number of rotatable bonds is 5. The second kappa shape index (κ2) is 10.2. The van der Waals surface area contributed by atoms with Gasteiger partial charge in [-0.3, -0.25) is 9.59 Å². The molecule has 2 aliphatic heterocycles. The van der Waals surface area contributed by atoms with Gasteiger partial charge in [-0.05, 0) is 45.7 Å². The Balaban J connectivity index is 2.19. The van der Waals surface area contributed by atoms with Gasteiger partial charge in [-0.15, -0.1) is 0 Å². The molecule has 0 bridgehead atoms.